The lowest BCUT2D eigenvalue weighted by molar-refractivity contribution is 0.107. The van der Waals surface area contributed by atoms with Crippen LogP contribution in [0.2, 0.25) is 0 Å². The standard InChI is InChI=1S/C10H15BrOS/c1-3-7(4-2)10(12)8-5-6-9(11)13-8/h5-7,10,12H,3-4H2,1-2H3. The number of hydrogen-bond donors (Lipinski definition) is 1. The second-order valence-electron chi connectivity index (χ2n) is 3.16. The molecule has 0 aliphatic carbocycles. The Morgan fingerprint density at radius 2 is 2.00 bits per heavy atom. The highest BCUT2D eigenvalue weighted by atomic mass is 79.9. The van der Waals surface area contributed by atoms with Crippen molar-refractivity contribution in [3.8, 4) is 0 Å². The number of aliphatic hydroxyl groups is 1. The molecule has 1 atom stereocenters. The lowest BCUT2D eigenvalue weighted by atomic mass is 9.96. The lowest BCUT2D eigenvalue weighted by Crippen LogP contribution is -2.09. The smallest absolute Gasteiger partial charge is 0.0910 e. The third kappa shape index (κ3) is 2.79. The zero-order valence-electron chi connectivity index (χ0n) is 7.96. The Labute approximate surface area is 91.9 Å². The van der Waals surface area contributed by atoms with Crippen LogP contribution in [0.5, 0.6) is 0 Å². The normalized spacial score (nSPS) is 13.6. The average Bonchev–Trinajstić information content (AvgIpc) is 2.54. The van der Waals surface area contributed by atoms with E-state index in [9.17, 15) is 5.11 Å². The summed E-state index contributed by atoms with van der Waals surface area (Å²) in [6.07, 6.45) is 1.78. The van der Waals surface area contributed by atoms with E-state index in [4.69, 9.17) is 0 Å². The van der Waals surface area contributed by atoms with Crippen molar-refractivity contribution in [3.05, 3.63) is 20.8 Å². The SMILES string of the molecule is CCC(CC)C(O)c1ccc(Br)s1. The van der Waals surface area contributed by atoms with Crippen LogP contribution in [0.3, 0.4) is 0 Å². The average molecular weight is 263 g/mol. The molecule has 0 fully saturated rings. The molecule has 74 valence electrons. The Balaban J connectivity index is 2.71. The van der Waals surface area contributed by atoms with Gasteiger partial charge in [0.05, 0.1) is 9.89 Å². The highest BCUT2D eigenvalue weighted by Crippen LogP contribution is 2.33. The van der Waals surface area contributed by atoms with Crippen LogP contribution in [0.25, 0.3) is 0 Å². The molecule has 1 unspecified atom stereocenters. The molecular weight excluding hydrogens is 248 g/mol. The summed E-state index contributed by atoms with van der Waals surface area (Å²) < 4.78 is 1.09. The highest BCUT2D eigenvalue weighted by molar-refractivity contribution is 9.11. The second-order valence-corrected chi connectivity index (χ2v) is 5.66. The van der Waals surface area contributed by atoms with Crippen molar-refractivity contribution in [2.45, 2.75) is 32.8 Å². The molecule has 0 aromatic carbocycles. The van der Waals surface area contributed by atoms with Crippen LogP contribution in [-0.2, 0) is 0 Å². The van der Waals surface area contributed by atoms with Gasteiger partial charge in [-0.1, -0.05) is 26.7 Å². The first-order valence-corrected chi connectivity index (χ1v) is 6.23. The molecule has 0 aliphatic rings. The van der Waals surface area contributed by atoms with Crippen LogP contribution < -0.4 is 0 Å². The molecule has 3 heteroatoms. The van der Waals surface area contributed by atoms with Crippen LogP contribution in [-0.4, -0.2) is 5.11 Å². The minimum absolute atomic E-state index is 0.286. The number of thiophene rings is 1. The number of hydrogen-bond acceptors (Lipinski definition) is 2. The van der Waals surface area contributed by atoms with Crippen LogP contribution in [0.4, 0.5) is 0 Å². The first-order chi connectivity index (χ1) is 6.19. The Hall–Kier alpha value is 0.140. The van der Waals surface area contributed by atoms with E-state index in [1.54, 1.807) is 11.3 Å². The van der Waals surface area contributed by atoms with Gasteiger partial charge in [0.15, 0.2) is 0 Å². The first kappa shape index (κ1) is 11.2. The Kier molecular flexibility index (Phi) is 4.42. The summed E-state index contributed by atoms with van der Waals surface area (Å²) in [6, 6.07) is 3.99. The topological polar surface area (TPSA) is 20.2 Å². The van der Waals surface area contributed by atoms with E-state index in [2.05, 4.69) is 29.8 Å². The fraction of sp³-hybridized carbons (Fsp3) is 0.600. The van der Waals surface area contributed by atoms with Crippen LogP contribution in [0.15, 0.2) is 15.9 Å². The van der Waals surface area contributed by atoms with Crippen molar-refractivity contribution >= 4 is 27.3 Å². The van der Waals surface area contributed by atoms with E-state index < -0.39 is 0 Å². The number of aliphatic hydroxyl groups excluding tert-OH is 1. The molecular formula is C10H15BrOS. The van der Waals surface area contributed by atoms with Gasteiger partial charge in [-0.25, -0.2) is 0 Å². The van der Waals surface area contributed by atoms with E-state index in [0.717, 1.165) is 21.5 Å². The van der Waals surface area contributed by atoms with Crippen LogP contribution in [0.1, 0.15) is 37.7 Å². The van der Waals surface area contributed by atoms with E-state index in [0.29, 0.717) is 5.92 Å². The van der Waals surface area contributed by atoms with Crippen molar-refractivity contribution in [1.82, 2.24) is 0 Å². The zero-order chi connectivity index (χ0) is 9.84. The summed E-state index contributed by atoms with van der Waals surface area (Å²) in [7, 11) is 0. The minimum Gasteiger partial charge on any atom is -0.387 e. The molecule has 1 N–H and O–H groups in total. The molecule has 1 aromatic rings. The predicted octanol–water partition coefficient (Wildman–Crippen LogP) is 3.98. The second kappa shape index (κ2) is 5.13. The third-order valence-electron chi connectivity index (χ3n) is 2.38. The van der Waals surface area contributed by atoms with Crippen LogP contribution in [0, 0.1) is 5.92 Å². The molecule has 0 bridgehead atoms. The summed E-state index contributed by atoms with van der Waals surface area (Å²) in [6.45, 7) is 4.25. The van der Waals surface area contributed by atoms with Crippen molar-refractivity contribution < 1.29 is 5.11 Å². The lowest BCUT2D eigenvalue weighted by Gasteiger charge is -2.18. The summed E-state index contributed by atoms with van der Waals surface area (Å²) in [5.74, 6) is 0.394. The third-order valence-corrected chi connectivity index (χ3v) is 4.08. The Morgan fingerprint density at radius 1 is 1.38 bits per heavy atom. The monoisotopic (exact) mass is 262 g/mol. The zero-order valence-corrected chi connectivity index (χ0v) is 10.4. The minimum atomic E-state index is -0.286. The maximum Gasteiger partial charge on any atom is 0.0910 e. The number of halogens is 1. The molecule has 0 radical (unpaired) electrons. The van der Waals surface area contributed by atoms with Gasteiger partial charge >= 0.3 is 0 Å². The molecule has 0 aliphatic heterocycles. The van der Waals surface area contributed by atoms with Gasteiger partial charge in [-0.15, -0.1) is 11.3 Å². The molecule has 1 heterocycles. The predicted molar refractivity (Wildman–Crippen MR) is 61.1 cm³/mol. The molecule has 13 heavy (non-hydrogen) atoms. The summed E-state index contributed by atoms with van der Waals surface area (Å²) in [4.78, 5) is 1.07. The van der Waals surface area contributed by atoms with Gasteiger partial charge in [0.1, 0.15) is 0 Å². The summed E-state index contributed by atoms with van der Waals surface area (Å²) in [5, 5.41) is 9.98. The van der Waals surface area contributed by atoms with Crippen LogP contribution >= 0.6 is 27.3 Å². The quantitative estimate of drug-likeness (QED) is 0.871. The maximum absolute atomic E-state index is 9.98. The Morgan fingerprint density at radius 3 is 2.38 bits per heavy atom. The molecule has 1 aromatic heterocycles. The van der Waals surface area contributed by atoms with Gasteiger partial charge in [-0.2, -0.15) is 0 Å². The van der Waals surface area contributed by atoms with Crippen molar-refractivity contribution in [1.29, 1.82) is 0 Å². The van der Waals surface area contributed by atoms with Gasteiger partial charge in [0, 0.05) is 4.88 Å². The van der Waals surface area contributed by atoms with Gasteiger partial charge in [-0.3, -0.25) is 0 Å². The number of rotatable bonds is 4. The van der Waals surface area contributed by atoms with Gasteiger partial charge in [0.25, 0.3) is 0 Å². The molecule has 1 nitrogen and oxygen atoms in total. The largest absolute Gasteiger partial charge is 0.387 e. The molecule has 0 saturated carbocycles. The van der Waals surface area contributed by atoms with Crippen molar-refractivity contribution in [2.24, 2.45) is 5.92 Å². The Bertz CT molecular complexity index is 255. The van der Waals surface area contributed by atoms with E-state index >= 15 is 0 Å². The van der Waals surface area contributed by atoms with Crippen molar-refractivity contribution in [3.63, 3.8) is 0 Å². The van der Waals surface area contributed by atoms with Gasteiger partial charge in [-0.05, 0) is 34.0 Å². The molecule has 0 saturated heterocycles. The van der Waals surface area contributed by atoms with Crippen molar-refractivity contribution in [2.75, 3.05) is 0 Å². The molecule has 0 amide bonds. The summed E-state index contributed by atoms with van der Waals surface area (Å²) >= 11 is 5.02. The van der Waals surface area contributed by atoms with E-state index in [1.807, 2.05) is 12.1 Å². The maximum atomic E-state index is 9.98. The highest BCUT2D eigenvalue weighted by Gasteiger charge is 2.18. The van der Waals surface area contributed by atoms with Gasteiger partial charge < -0.3 is 5.11 Å². The summed E-state index contributed by atoms with van der Waals surface area (Å²) in [5.41, 5.74) is 0. The molecule has 0 spiro atoms. The first-order valence-electron chi connectivity index (χ1n) is 4.62. The fourth-order valence-corrected chi connectivity index (χ4v) is 2.96. The van der Waals surface area contributed by atoms with E-state index in [1.165, 1.54) is 0 Å². The van der Waals surface area contributed by atoms with E-state index in [-0.39, 0.29) is 6.10 Å². The molecule has 1 rings (SSSR count). The fourth-order valence-electron chi connectivity index (χ4n) is 1.45. The van der Waals surface area contributed by atoms with Gasteiger partial charge in [0.2, 0.25) is 0 Å².